The van der Waals surface area contributed by atoms with Crippen molar-refractivity contribution < 1.29 is 116 Å². The summed E-state index contributed by atoms with van der Waals surface area (Å²) in [5.41, 5.74) is 3.62. The van der Waals surface area contributed by atoms with E-state index in [9.17, 15) is 57.5 Å². The minimum atomic E-state index is -1.16. The number of aliphatic carboxylic acids is 4. The number of benzene rings is 4. The van der Waals surface area contributed by atoms with Crippen LogP contribution in [-0.4, -0.2) is 171 Å². The largest absolute Gasteiger partial charge is 0.484 e. The molecule has 460 valence electrons. The molecule has 0 saturated carbocycles. The van der Waals surface area contributed by atoms with E-state index in [-0.39, 0.29) is 101 Å². The predicted molar refractivity (Wildman–Crippen MR) is 296 cm³/mol. The monoisotopic (exact) mass is 1200 g/mol. The zero-order valence-electron chi connectivity index (χ0n) is 46.3. The molecule has 0 atom stereocenters. The van der Waals surface area contributed by atoms with Gasteiger partial charge in [0.2, 0.25) is 0 Å². The maximum absolute atomic E-state index is 12.6. The maximum Gasteiger partial charge on any atom is 0.306 e. The second kappa shape index (κ2) is 37.5. The first kappa shape index (κ1) is 68.0. The van der Waals surface area contributed by atoms with Crippen LogP contribution in [0.15, 0.2) is 97.1 Å². The van der Waals surface area contributed by atoms with Crippen molar-refractivity contribution in [3.05, 3.63) is 119 Å². The average Bonchev–Trinajstić information content (AvgIpc) is 1.50. The Labute approximate surface area is 491 Å². The third-order valence-corrected chi connectivity index (χ3v) is 11.2. The van der Waals surface area contributed by atoms with Crippen molar-refractivity contribution in [1.82, 2.24) is 21.3 Å². The zero-order valence-corrected chi connectivity index (χ0v) is 46.3. The van der Waals surface area contributed by atoms with E-state index in [0.717, 1.165) is 0 Å². The summed E-state index contributed by atoms with van der Waals surface area (Å²) in [7, 11) is 0. The van der Waals surface area contributed by atoms with Crippen molar-refractivity contribution in [2.75, 3.05) is 79.0 Å². The normalized spacial score (nSPS) is 10.4. The number of hydrogen-bond acceptors (Lipinski definition) is 20. The number of amides is 4. The standard InChI is InChI=1S/C58H64N4O24/c63-45(59-25-29-79-53(75)21-17-49(67)68)33-83-41-9-1-37(2-10-41)57(38-3-11-42(12-4-38)84-34-46(64)60-26-30-80-54(76)22-18-50(69)70)58(39-5-13-43(14-6-39)85-35-47(65)61-27-31-81-55(77)23-19-51(71)72)40-7-15-44(16-8-40)86-36-48(66)62-28-32-82-56(78)24-20-52(73)74/h1-16H,17-36H2,(H,59,63)(H,60,64)(H,61,65)(H,62,66)(H,67,68)(H,69,70)(H,71,72)(H,73,74). The lowest BCUT2D eigenvalue weighted by Gasteiger charge is -2.19. The first-order valence-electron chi connectivity index (χ1n) is 26.5. The van der Waals surface area contributed by atoms with Gasteiger partial charge in [-0.1, -0.05) is 48.5 Å². The number of carboxylic acids is 4. The number of nitrogens with one attached hydrogen (secondary N) is 4. The van der Waals surface area contributed by atoms with Crippen molar-refractivity contribution in [2.24, 2.45) is 0 Å². The molecule has 28 heteroatoms. The third kappa shape index (κ3) is 28.0. The first-order valence-corrected chi connectivity index (χ1v) is 26.5. The molecule has 8 N–H and O–H groups in total. The fourth-order valence-electron chi connectivity index (χ4n) is 7.13. The molecule has 0 aromatic heterocycles. The topological polar surface area (TPSA) is 408 Å². The molecule has 0 unspecified atom stereocenters. The molecule has 0 spiro atoms. The highest BCUT2D eigenvalue weighted by Crippen LogP contribution is 2.39. The van der Waals surface area contributed by atoms with E-state index in [1.165, 1.54) is 0 Å². The van der Waals surface area contributed by atoms with Crippen LogP contribution in [0.5, 0.6) is 23.0 Å². The highest BCUT2D eigenvalue weighted by Gasteiger charge is 2.20. The number of esters is 4. The average molecular weight is 1200 g/mol. The molecule has 4 aromatic rings. The van der Waals surface area contributed by atoms with Crippen molar-refractivity contribution in [2.45, 2.75) is 51.4 Å². The Bertz CT molecular complexity index is 2600. The number of hydrogen-bond donors (Lipinski definition) is 8. The van der Waals surface area contributed by atoms with Crippen LogP contribution in [0.1, 0.15) is 73.6 Å². The lowest BCUT2D eigenvalue weighted by molar-refractivity contribution is -0.147. The Morgan fingerprint density at radius 2 is 0.465 bits per heavy atom. The molecule has 28 nitrogen and oxygen atoms in total. The lowest BCUT2D eigenvalue weighted by atomic mass is 9.85. The highest BCUT2D eigenvalue weighted by atomic mass is 16.5. The van der Waals surface area contributed by atoms with Gasteiger partial charge in [-0.15, -0.1) is 0 Å². The van der Waals surface area contributed by atoms with Crippen LogP contribution in [0.3, 0.4) is 0 Å². The Balaban J connectivity index is 1.63. The van der Waals surface area contributed by atoms with Crippen LogP contribution in [-0.2, 0) is 76.5 Å². The smallest absolute Gasteiger partial charge is 0.306 e. The van der Waals surface area contributed by atoms with E-state index in [1.807, 2.05) is 0 Å². The number of rotatable bonds is 40. The van der Waals surface area contributed by atoms with Gasteiger partial charge in [0.05, 0.1) is 77.5 Å². The van der Waals surface area contributed by atoms with E-state index >= 15 is 0 Å². The van der Waals surface area contributed by atoms with E-state index in [4.69, 9.17) is 58.3 Å². The lowest BCUT2D eigenvalue weighted by Crippen LogP contribution is -2.32. The molecule has 0 aliphatic carbocycles. The van der Waals surface area contributed by atoms with E-state index < -0.39 is 123 Å². The second-order valence-electron chi connectivity index (χ2n) is 17.9. The van der Waals surface area contributed by atoms with Gasteiger partial charge in [0.1, 0.15) is 49.4 Å². The molecule has 0 bridgehead atoms. The highest BCUT2D eigenvalue weighted by molar-refractivity contribution is 6.05. The molecule has 4 aromatic carbocycles. The summed E-state index contributed by atoms with van der Waals surface area (Å²) < 4.78 is 42.8. The van der Waals surface area contributed by atoms with Crippen molar-refractivity contribution in [3.63, 3.8) is 0 Å². The van der Waals surface area contributed by atoms with Crippen molar-refractivity contribution >= 4 is 82.5 Å². The summed E-state index contributed by atoms with van der Waals surface area (Å²) in [5.74, 6) is -8.60. The molecular weight excluding hydrogens is 1140 g/mol. The van der Waals surface area contributed by atoms with Gasteiger partial charge in [-0.2, -0.15) is 0 Å². The number of carbonyl (C=O) groups is 12. The summed E-state index contributed by atoms with van der Waals surface area (Å²) in [6.45, 7) is -2.71. The Morgan fingerprint density at radius 3 is 0.640 bits per heavy atom. The van der Waals surface area contributed by atoms with Gasteiger partial charge in [0.15, 0.2) is 26.4 Å². The van der Waals surface area contributed by atoms with Gasteiger partial charge in [0.25, 0.3) is 23.6 Å². The van der Waals surface area contributed by atoms with Gasteiger partial charge in [0, 0.05) is 0 Å². The van der Waals surface area contributed by atoms with Gasteiger partial charge >= 0.3 is 47.8 Å². The molecule has 4 amide bonds. The minimum Gasteiger partial charge on any atom is -0.484 e. The van der Waals surface area contributed by atoms with Gasteiger partial charge in [-0.3, -0.25) is 57.5 Å². The van der Waals surface area contributed by atoms with E-state index in [2.05, 4.69) is 21.3 Å². The summed E-state index contributed by atoms with van der Waals surface area (Å²) in [6.07, 6.45) is -2.88. The first-order chi connectivity index (χ1) is 41.2. The molecule has 0 aliphatic rings. The maximum atomic E-state index is 12.6. The molecule has 0 aliphatic heterocycles. The molecule has 0 saturated heterocycles. The molecular formula is C58H64N4O24. The third-order valence-electron chi connectivity index (χ3n) is 11.2. The van der Waals surface area contributed by atoms with Crippen LogP contribution in [0.2, 0.25) is 0 Å². The number of carboxylic acid groups (broad SMARTS) is 4. The predicted octanol–water partition coefficient (Wildman–Crippen LogP) is 2.31. The van der Waals surface area contributed by atoms with Crippen LogP contribution in [0, 0.1) is 0 Å². The molecule has 0 heterocycles. The summed E-state index contributed by atoms with van der Waals surface area (Å²) in [5, 5.41) is 45.2. The summed E-state index contributed by atoms with van der Waals surface area (Å²) >= 11 is 0. The molecule has 4 rings (SSSR count). The van der Waals surface area contributed by atoms with Crippen molar-refractivity contribution in [1.29, 1.82) is 0 Å². The Hall–Kier alpha value is -10.5. The fourth-order valence-corrected chi connectivity index (χ4v) is 7.13. The summed E-state index contributed by atoms with van der Waals surface area (Å²) in [6, 6.07) is 26.8. The van der Waals surface area contributed by atoms with E-state index in [1.54, 1.807) is 97.1 Å². The minimum absolute atomic E-state index is 0.0597. The quantitative estimate of drug-likeness (QED) is 0.0137. The van der Waals surface area contributed by atoms with Crippen LogP contribution < -0.4 is 40.2 Å². The van der Waals surface area contributed by atoms with Crippen LogP contribution in [0.25, 0.3) is 11.1 Å². The second-order valence-corrected chi connectivity index (χ2v) is 17.9. The zero-order chi connectivity index (χ0) is 62.6. The van der Waals surface area contributed by atoms with E-state index in [0.29, 0.717) is 33.4 Å². The Kier molecular flexibility index (Phi) is 29.7. The van der Waals surface area contributed by atoms with Gasteiger partial charge in [-0.05, 0) is 81.9 Å². The number of ether oxygens (including phenoxy) is 8. The molecule has 0 fully saturated rings. The fraction of sp³-hybridized carbons (Fsp3) is 0.345. The SMILES string of the molecule is O=C(O)CCC(=O)OCCNC(=O)COc1ccc(C(=C(c2ccc(OCC(=O)NCCOC(=O)CCC(=O)O)cc2)c2ccc(OCC(=O)NCCOC(=O)CCC(=O)O)cc2)c2ccc(OCC(=O)NCCOC(=O)CCC(=O)O)cc2)cc1. The van der Waals surface area contributed by atoms with Crippen molar-refractivity contribution in [3.8, 4) is 23.0 Å². The number of carbonyl (C=O) groups excluding carboxylic acids is 8. The molecule has 0 radical (unpaired) electrons. The van der Waals surface area contributed by atoms with Gasteiger partial charge in [-0.25, -0.2) is 0 Å². The van der Waals surface area contributed by atoms with Crippen LogP contribution in [0.4, 0.5) is 0 Å². The van der Waals surface area contributed by atoms with Gasteiger partial charge < -0.3 is 79.6 Å². The summed E-state index contributed by atoms with van der Waals surface area (Å²) in [4.78, 5) is 140. The van der Waals surface area contributed by atoms with Crippen LogP contribution >= 0.6 is 0 Å². The Morgan fingerprint density at radius 1 is 0.279 bits per heavy atom. The molecule has 86 heavy (non-hydrogen) atoms.